The number of aromatic nitrogens is 4. The molecule has 0 saturated carbocycles. The zero-order valence-corrected chi connectivity index (χ0v) is 18.3. The van der Waals surface area contributed by atoms with Crippen molar-refractivity contribution in [3.05, 3.63) is 82.9 Å². The lowest BCUT2D eigenvalue weighted by Gasteiger charge is -2.16. The van der Waals surface area contributed by atoms with E-state index < -0.39 is 12.0 Å². The van der Waals surface area contributed by atoms with E-state index in [0.29, 0.717) is 17.0 Å². The summed E-state index contributed by atoms with van der Waals surface area (Å²) in [5.41, 5.74) is 4.49. The minimum atomic E-state index is -4.67. The van der Waals surface area contributed by atoms with Crippen LogP contribution in [0.1, 0.15) is 41.3 Å². The van der Waals surface area contributed by atoms with Gasteiger partial charge >= 0.3 is 6.18 Å². The summed E-state index contributed by atoms with van der Waals surface area (Å²) >= 11 is 0. The van der Waals surface area contributed by atoms with E-state index >= 15 is 0 Å². The van der Waals surface area contributed by atoms with Crippen molar-refractivity contribution in [3.8, 4) is 11.1 Å². The first-order chi connectivity index (χ1) is 15.6. The fourth-order valence-electron chi connectivity index (χ4n) is 3.72. The average Bonchev–Trinajstić information content (AvgIpc) is 3.22. The maximum absolute atomic E-state index is 13.0. The molecule has 0 bridgehead atoms. The monoisotopic (exact) mass is 453 g/mol. The van der Waals surface area contributed by atoms with Gasteiger partial charge in [0.15, 0.2) is 0 Å². The van der Waals surface area contributed by atoms with Crippen LogP contribution in [0.15, 0.2) is 54.6 Å². The molecule has 2 aromatic carbocycles. The van der Waals surface area contributed by atoms with Gasteiger partial charge in [-0.25, -0.2) is 9.50 Å². The first-order valence-corrected chi connectivity index (χ1v) is 10.4. The summed E-state index contributed by atoms with van der Waals surface area (Å²) < 4.78 is 39.9. The van der Waals surface area contributed by atoms with Crippen molar-refractivity contribution < 1.29 is 18.0 Å². The van der Waals surface area contributed by atoms with E-state index in [1.165, 1.54) is 0 Å². The molecule has 0 fully saturated rings. The van der Waals surface area contributed by atoms with Gasteiger partial charge in [0.1, 0.15) is 0 Å². The fraction of sp³-hybridized carbons (Fsp3) is 0.250. The van der Waals surface area contributed by atoms with E-state index in [-0.39, 0.29) is 24.1 Å². The Labute approximate surface area is 188 Å². The number of alkyl halides is 3. The van der Waals surface area contributed by atoms with Gasteiger partial charge in [-0.05, 0) is 37.5 Å². The van der Waals surface area contributed by atoms with Crippen molar-refractivity contribution in [2.45, 2.75) is 39.4 Å². The number of halogens is 3. The van der Waals surface area contributed by atoms with Crippen LogP contribution in [-0.2, 0) is 17.4 Å². The highest BCUT2D eigenvalue weighted by atomic mass is 19.4. The molecule has 0 aliphatic heterocycles. The lowest BCUT2D eigenvalue weighted by molar-refractivity contribution is -0.144. The van der Waals surface area contributed by atoms with Crippen molar-refractivity contribution in [3.63, 3.8) is 0 Å². The second-order valence-corrected chi connectivity index (χ2v) is 7.86. The Morgan fingerprint density at radius 3 is 2.27 bits per heavy atom. The van der Waals surface area contributed by atoms with Gasteiger partial charge in [-0.1, -0.05) is 54.6 Å². The van der Waals surface area contributed by atoms with Crippen LogP contribution in [0.4, 0.5) is 13.2 Å². The van der Waals surface area contributed by atoms with E-state index in [4.69, 9.17) is 0 Å². The Hall–Kier alpha value is -3.75. The molecule has 1 atom stereocenters. The van der Waals surface area contributed by atoms with Crippen molar-refractivity contribution >= 4 is 11.7 Å². The Morgan fingerprint density at radius 1 is 1.00 bits per heavy atom. The van der Waals surface area contributed by atoms with Crippen molar-refractivity contribution in [2.75, 3.05) is 0 Å². The minimum absolute atomic E-state index is 0.0335. The van der Waals surface area contributed by atoms with E-state index in [1.807, 2.05) is 61.5 Å². The average molecular weight is 453 g/mol. The first-order valence-electron chi connectivity index (χ1n) is 10.4. The zero-order valence-electron chi connectivity index (χ0n) is 18.3. The molecule has 0 aliphatic carbocycles. The van der Waals surface area contributed by atoms with Gasteiger partial charge in [-0.3, -0.25) is 4.79 Å². The van der Waals surface area contributed by atoms with Gasteiger partial charge in [0.05, 0.1) is 12.5 Å². The van der Waals surface area contributed by atoms with Gasteiger partial charge in [0.25, 0.3) is 11.6 Å². The highest BCUT2D eigenvalue weighted by Gasteiger charge is 2.37. The third kappa shape index (κ3) is 4.72. The Balaban J connectivity index is 1.49. The highest BCUT2D eigenvalue weighted by molar-refractivity contribution is 5.79. The fourth-order valence-corrected chi connectivity index (χ4v) is 3.72. The van der Waals surface area contributed by atoms with Crippen molar-refractivity contribution in [1.82, 2.24) is 24.9 Å². The molecule has 0 radical (unpaired) electrons. The van der Waals surface area contributed by atoms with E-state index in [1.54, 1.807) is 13.8 Å². The summed E-state index contributed by atoms with van der Waals surface area (Å²) in [6.07, 6.45) is -4.70. The molecule has 0 unspecified atom stereocenters. The van der Waals surface area contributed by atoms with Crippen LogP contribution >= 0.6 is 0 Å². The molecule has 6 nitrogen and oxygen atoms in total. The van der Waals surface area contributed by atoms with Crippen LogP contribution in [0.25, 0.3) is 16.9 Å². The van der Waals surface area contributed by atoms with Crippen LogP contribution in [0.2, 0.25) is 0 Å². The number of hydrogen-bond acceptors (Lipinski definition) is 4. The summed E-state index contributed by atoms with van der Waals surface area (Å²) in [6.45, 7) is 5.12. The predicted molar refractivity (Wildman–Crippen MR) is 117 cm³/mol. The van der Waals surface area contributed by atoms with Gasteiger partial charge < -0.3 is 5.32 Å². The topological polar surface area (TPSA) is 72.2 Å². The molecule has 9 heteroatoms. The third-order valence-electron chi connectivity index (χ3n) is 5.54. The first kappa shape index (κ1) is 22.4. The van der Waals surface area contributed by atoms with Gasteiger partial charge in [-0.2, -0.15) is 18.2 Å². The maximum atomic E-state index is 13.0. The SMILES string of the molecule is Cc1nc2nc(C(F)(F)F)nn2c(C)c1CC(=O)N[C@H](C)c1ccc(-c2ccccc2)cc1. The number of amides is 1. The normalized spacial score (nSPS) is 12.7. The molecule has 0 aliphatic rings. The van der Waals surface area contributed by atoms with Crippen LogP contribution in [0.5, 0.6) is 0 Å². The molecular formula is C24H22F3N5O. The van der Waals surface area contributed by atoms with Crippen LogP contribution in [-0.4, -0.2) is 25.5 Å². The molecule has 0 spiro atoms. The minimum Gasteiger partial charge on any atom is -0.349 e. The van der Waals surface area contributed by atoms with Crippen molar-refractivity contribution in [1.29, 1.82) is 0 Å². The molecule has 1 N–H and O–H groups in total. The third-order valence-corrected chi connectivity index (χ3v) is 5.54. The molecule has 0 saturated heterocycles. The van der Waals surface area contributed by atoms with E-state index in [9.17, 15) is 18.0 Å². The largest absolute Gasteiger partial charge is 0.453 e. The number of carbonyl (C=O) groups is 1. The Morgan fingerprint density at radius 2 is 1.64 bits per heavy atom. The standard InChI is InChI=1S/C24H22F3N5O/c1-14(17-9-11-19(12-10-17)18-7-5-4-6-8-18)28-21(33)13-20-15(2)29-23-30-22(24(25,26)27)31-32(23)16(20)3/h4-12,14H,13H2,1-3H3,(H,28,33)/t14-/m1/s1. The van der Waals surface area contributed by atoms with Crippen LogP contribution in [0.3, 0.4) is 0 Å². The van der Waals surface area contributed by atoms with Gasteiger partial charge in [-0.15, -0.1) is 5.10 Å². The number of fused-ring (bicyclic) bond motifs is 1. The Bertz CT molecular complexity index is 1300. The zero-order chi connectivity index (χ0) is 23.8. The second kappa shape index (κ2) is 8.65. The Kier molecular flexibility index (Phi) is 5.88. The molecule has 1 amide bonds. The van der Waals surface area contributed by atoms with Crippen LogP contribution in [0, 0.1) is 13.8 Å². The lowest BCUT2D eigenvalue weighted by atomic mass is 10.0. The lowest BCUT2D eigenvalue weighted by Crippen LogP contribution is -2.29. The summed E-state index contributed by atoms with van der Waals surface area (Å²) in [6, 6.07) is 17.7. The molecule has 170 valence electrons. The predicted octanol–water partition coefficient (Wildman–Crippen LogP) is 4.85. The number of aryl methyl sites for hydroxylation is 2. The van der Waals surface area contributed by atoms with Gasteiger partial charge in [0, 0.05) is 17.0 Å². The smallest absolute Gasteiger partial charge is 0.349 e. The quantitative estimate of drug-likeness (QED) is 0.469. The second-order valence-electron chi connectivity index (χ2n) is 7.86. The number of rotatable bonds is 5. The molecule has 2 heterocycles. The maximum Gasteiger partial charge on any atom is 0.453 e. The number of benzene rings is 2. The number of nitrogens with one attached hydrogen (secondary N) is 1. The summed E-state index contributed by atoms with van der Waals surface area (Å²) in [5.74, 6) is -1.67. The summed E-state index contributed by atoms with van der Waals surface area (Å²) in [7, 11) is 0. The molecule has 33 heavy (non-hydrogen) atoms. The molecular weight excluding hydrogens is 431 g/mol. The highest BCUT2D eigenvalue weighted by Crippen LogP contribution is 2.27. The van der Waals surface area contributed by atoms with Crippen LogP contribution < -0.4 is 5.32 Å². The number of hydrogen-bond donors (Lipinski definition) is 1. The summed E-state index contributed by atoms with van der Waals surface area (Å²) in [5, 5.41) is 6.46. The van der Waals surface area contributed by atoms with Crippen molar-refractivity contribution in [2.24, 2.45) is 0 Å². The number of carbonyl (C=O) groups excluding carboxylic acids is 1. The molecule has 4 rings (SSSR count). The van der Waals surface area contributed by atoms with E-state index in [0.717, 1.165) is 21.2 Å². The molecule has 4 aromatic rings. The summed E-state index contributed by atoms with van der Waals surface area (Å²) in [4.78, 5) is 20.3. The van der Waals surface area contributed by atoms with Gasteiger partial charge in [0.2, 0.25) is 5.91 Å². The molecule has 2 aromatic heterocycles. The number of nitrogens with zero attached hydrogens (tertiary/aromatic N) is 4. The van der Waals surface area contributed by atoms with E-state index in [2.05, 4.69) is 20.4 Å².